The molecule has 0 unspecified atom stereocenters. The van der Waals surface area contributed by atoms with Crippen LogP contribution in [0.15, 0.2) is 24.4 Å². The summed E-state index contributed by atoms with van der Waals surface area (Å²) in [7, 11) is 0. The van der Waals surface area contributed by atoms with Crippen molar-refractivity contribution >= 4 is 57.2 Å². The van der Waals surface area contributed by atoms with Gasteiger partial charge in [-0.25, -0.2) is 4.98 Å². The quantitative estimate of drug-likeness (QED) is 0.741. The van der Waals surface area contributed by atoms with E-state index in [1.165, 1.54) is 17.5 Å². The standard InChI is InChI=1S/C13H11Cl3N2O2S/c14-9-4-3-8(6-10(9)15)20-5-1-2-12(19)18-13-17-7-11(16)21-13/h3-4,6-7H,1-2,5H2,(H,17,18,19). The fourth-order valence-electron chi connectivity index (χ4n) is 1.48. The number of carbonyl (C=O) groups is 1. The van der Waals surface area contributed by atoms with E-state index in [0.717, 1.165) is 0 Å². The van der Waals surface area contributed by atoms with Crippen LogP contribution in [0.4, 0.5) is 5.13 Å². The molecule has 1 aromatic heterocycles. The number of nitrogens with zero attached hydrogens (tertiary/aromatic N) is 1. The lowest BCUT2D eigenvalue weighted by Crippen LogP contribution is -2.12. The van der Waals surface area contributed by atoms with E-state index < -0.39 is 0 Å². The van der Waals surface area contributed by atoms with Gasteiger partial charge in [-0.2, -0.15) is 0 Å². The largest absolute Gasteiger partial charge is 0.494 e. The van der Waals surface area contributed by atoms with Crippen LogP contribution >= 0.6 is 46.1 Å². The van der Waals surface area contributed by atoms with Gasteiger partial charge in [-0.15, -0.1) is 0 Å². The summed E-state index contributed by atoms with van der Waals surface area (Å²) in [5.74, 6) is 0.496. The first-order valence-electron chi connectivity index (χ1n) is 6.03. The number of aromatic nitrogens is 1. The predicted molar refractivity (Wildman–Crippen MR) is 86.9 cm³/mol. The summed E-state index contributed by atoms with van der Waals surface area (Å²) in [6, 6.07) is 5.03. The molecule has 4 nitrogen and oxygen atoms in total. The number of hydrogen-bond donors (Lipinski definition) is 1. The average Bonchev–Trinajstić information content (AvgIpc) is 2.84. The van der Waals surface area contributed by atoms with Crippen LogP contribution in [-0.4, -0.2) is 17.5 Å². The summed E-state index contributed by atoms with van der Waals surface area (Å²) in [5.41, 5.74) is 0. The summed E-state index contributed by atoms with van der Waals surface area (Å²) in [4.78, 5) is 15.6. The highest BCUT2D eigenvalue weighted by Crippen LogP contribution is 2.26. The SMILES string of the molecule is O=C(CCCOc1ccc(Cl)c(Cl)c1)Nc1ncc(Cl)s1. The summed E-state index contributed by atoms with van der Waals surface area (Å²) >= 11 is 18.6. The number of nitrogens with one attached hydrogen (secondary N) is 1. The number of hydrogen-bond acceptors (Lipinski definition) is 4. The summed E-state index contributed by atoms with van der Waals surface area (Å²) < 4.78 is 6.02. The first-order chi connectivity index (χ1) is 10.0. The summed E-state index contributed by atoms with van der Waals surface area (Å²) in [6.45, 7) is 0.407. The number of thiazole rings is 1. The van der Waals surface area contributed by atoms with Crippen LogP contribution in [0.2, 0.25) is 14.4 Å². The van der Waals surface area contributed by atoms with Crippen LogP contribution in [0, 0.1) is 0 Å². The van der Waals surface area contributed by atoms with E-state index in [2.05, 4.69) is 10.3 Å². The van der Waals surface area contributed by atoms with Crippen molar-refractivity contribution in [3.05, 3.63) is 38.8 Å². The molecule has 0 atom stereocenters. The Morgan fingerprint density at radius 1 is 1.29 bits per heavy atom. The number of halogens is 3. The van der Waals surface area contributed by atoms with Crippen LogP contribution < -0.4 is 10.1 Å². The molecule has 1 aromatic carbocycles. The Hall–Kier alpha value is -1.01. The molecular weight excluding hydrogens is 355 g/mol. The molecule has 0 aliphatic rings. The molecule has 2 rings (SSSR count). The highest BCUT2D eigenvalue weighted by molar-refractivity contribution is 7.19. The number of benzene rings is 1. The van der Waals surface area contributed by atoms with Crippen molar-refractivity contribution in [2.45, 2.75) is 12.8 Å². The van der Waals surface area contributed by atoms with E-state index in [1.807, 2.05) is 0 Å². The average molecular weight is 366 g/mol. The highest BCUT2D eigenvalue weighted by Gasteiger charge is 2.06. The molecule has 1 amide bonds. The minimum Gasteiger partial charge on any atom is -0.494 e. The maximum Gasteiger partial charge on any atom is 0.226 e. The molecule has 2 aromatic rings. The van der Waals surface area contributed by atoms with Gasteiger partial charge < -0.3 is 10.1 Å². The van der Waals surface area contributed by atoms with Crippen molar-refractivity contribution in [2.24, 2.45) is 0 Å². The van der Waals surface area contributed by atoms with E-state index in [4.69, 9.17) is 39.5 Å². The van der Waals surface area contributed by atoms with Crippen molar-refractivity contribution in [2.75, 3.05) is 11.9 Å². The molecular formula is C13H11Cl3N2O2S. The molecule has 0 aliphatic heterocycles. The number of carbonyl (C=O) groups excluding carboxylic acids is 1. The number of ether oxygens (including phenoxy) is 1. The summed E-state index contributed by atoms with van der Waals surface area (Å²) in [6.07, 6.45) is 2.40. The van der Waals surface area contributed by atoms with Crippen LogP contribution in [0.25, 0.3) is 0 Å². The lowest BCUT2D eigenvalue weighted by molar-refractivity contribution is -0.116. The maximum atomic E-state index is 11.7. The van der Waals surface area contributed by atoms with Crippen molar-refractivity contribution in [3.63, 3.8) is 0 Å². The molecule has 0 aliphatic carbocycles. The monoisotopic (exact) mass is 364 g/mol. The third-order valence-corrected chi connectivity index (χ3v) is 4.20. The van der Waals surface area contributed by atoms with Crippen LogP contribution in [0.3, 0.4) is 0 Å². The third-order valence-electron chi connectivity index (χ3n) is 2.43. The zero-order chi connectivity index (χ0) is 15.2. The second-order valence-electron chi connectivity index (χ2n) is 4.05. The fraction of sp³-hybridized carbons (Fsp3) is 0.231. The minimum atomic E-state index is -0.126. The molecule has 0 radical (unpaired) electrons. The van der Waals surface area contributed by atoms with Crippen LogP contribution in [0.5, 0.6) is 5.75 Å². The minimum absolute atomic E-state index is 0.126. The molecule has 1 N–H and O–H groups in total. The molecule has 0 saturated heterocycles. The van der Waals surface area contributed by atoms with Gasteiger partial charge >= 0.3 is 0 Å². The lowest BCUT2D eigenvalue weighted by atomic mass is 10.3. The van der Waals surface area contributed by atoms with Gasteiger partial charge in [-0.1, -0.05) is 46.1 Å². The Balaban J connectivity index is 1.69. The van der Waals surface area contributed by atoms with Gasteiger partial charge in [0.25, 0.3) is 0 Å². The van der Waals surface area contributed by atoms with Crippen molar-refractivity contribution in [1.82, 2.24) is 4.98 Å². The van der Waals surface area contributed by atoms with Crippen molar-refractivity contribution < 1.29 is 9.53 Å². The second kappa shape index (κ2) is 7.84. The van der Waals surface area contributed by atoms with E-state index in [9.17, 15) is 4.79 Å². The Morgan fingerprint density at radius 2 is 2.10 bits per heavy atom. The van der Waals surface area contributed by atoms with Gasteiger partial charge in [0.05, 0.1) is 22.8 Å². The Morgan fingerprint density at radius 3 is 2.76 bits per heavy atom. The number of anilines is 1. The Labute approximate surface area is 141 Å². The highest BCUT2D eigenvalue weighted by atomic mass is 35.5. The topological polar surface area (TPSA) is 51.2 Å². The van der Waals surface area contributed by atoms with Crippen LogP contribution in [-0.2, 0) is 4.79 Å². The molecule has 0 saturated carbocycles. The van der Waals surface area contributed by atoms with Gasteiger partial charge in [-0.3, -0.25) is 4.79 Å². The second-order valence-corrected chi connectivity index (χ2v) is 6.52. The molecule has 21 heavy (non-hydrogen) atoms. The smallest absolute Gasteiger partial charge is 0.226 e. The van der Waals surface area contributed by atoms with Gasteiger partial charge in [0.15, 0.2) is 5.13 Å². The lowest BCUT2D eigenvalue weighted by Gasteiger charge is -2.07. The van der Waals surface area contributed by atoms with E-state index in [-0.39, 0.29) is 5.91 Å². The fourth-order valence-corrected chi connectivity index (χ4v) is 2.60. The van der Waals surface area contributed by atoms with E-state index in [0.29, 0.717) is 44.7 Å². The summed E-state index contributed by atoms with van der Waals surface area (Å²) in [5, 5.41) is 4.08. The van der Waals surface area contributed by atoms with Crippen molar-refractivity contribution in [3.8, 4) is 5.75 Å². The predicted octanol–water partition coefficient (Wildman–Crippen LogP) is 4.90. The molecule has 0 fully saturated rings. The van der Waals surface area contributed by atoms with Gasteiger partial charge in [-0.05, 0) is 18.6 Å². The first kappa shape index (κ1) is 16.4. The number of rotatable bonds is 6. The van der Waals surface area contributed by atoms with E-state index >= 15 is 0 Å². The van der Waals surface area contributed by atoms with Gasteiger partial charge in [0, 0.05) is 12.5 Å². The van der Waals surface area contributed by atoms with Crippen molar-refractivity contribution in [1.29, 1.82) is 0 Å². The van der Waals surface area contributed by atoms with E-state index in [1.54, 1.807) is 18.2 Å². The Kier molecular flexibility index (Phi) is 6.11. The first-order valence-corrected chi connectivity index (χ1v) is 7.98. The normalized spacial score (nSPS) is 10.4. The van der Waals surface area contributed by atoms with Crippen LogP contribution in [0.1, 0.15) is 12.8 Å². The third kappa shape index (κ3) is 5.36. The molecule has 8 heteroatoms. The number of amides is 1. The molecule has 1 heterocycles. The molecule has 112 valence electrons. The Bertz CT molecular complexity index is 634. The maximum absolute atomic E-state index is 11.7. The van der Waals surface area contributed by atoms with Gasteiger partial charge in [0.1, 0.15) is 10.1 Å². The zero-order valence-corrected chi connectivity index (χ0v) is 13.8. The molecule has 0 bridgehead atoms. The molecule has 0 spiro atoms. The van der Waals surface area contributed by atoms with Gasteiger partial charge in [0.2, 0.25) is 5.91 Å². The zero-order valence-electron chi connectivity index (χ0n) is 10.7.